The van der Waals surface area contributed by atoms with Gasteiger partial charge in [0.15, 0.2) is 0 Å². The third kappa shape index (κ3) is 2.90. The maximum absolute atomic E-state index is 11.4. The van der Waals surface area contributed by atoms with Crippen LogP contribution in [-0.4, -0.2) is 17.3 Å². The molecule has 0 aromatic carbocycles. The first-order valence-electron chi connectivity index (χ1n) is 4.27. The van der Waals surface area contributed by atoms with Gasteiger partial charge < -0.3 is 5.73 Å². The molecule has 1 atom stereocenters. The van der Waals surface area contributed by atoms with Crippen LogP contribution < -0.4 is 5.73 Å². The standard InChI is InChI=1S/C9H14N2OS/c1-6(4-10)9(12)3-8-5-13-7(2)11-8/h5-6H,3-4,10H2,1-2H3. The second-order valence-electron chi connectivity index (χ2n) is 3.14. The molecule has 0 radical (unpaired) electrons. The molecule has 0 saturated heterocycles. The van der Waals surface area contributed by atoms with E-state index in [9.17, 15) is 4.79 Å². The van der Waals surface area contributed by atoms with Gasteiger partial charge in [-0.15, -0.1) is 11.3 Å². The summed E-state index contributed by atoms with van der Waals surface area (Å²) in [5, 5.41) is 2.93. The highest BCUT2D eigenvalue weighted by molar-refractivity contribution is 7.09. The quantitative estimate of drug-likeness (QED) is 0.789. The van der Waals surface area contributed by atoms with Crippen LogP contribution in [0.5, 0.6) is 0 Å². The van der Waals surface area contributed by atoms with Crippen molar-refractivity contribution < 1.29 is 4.79 Å². The normalized spacial score (nSPS) is 12.8. The van der Waals surface area contributed by atoms with Gasteiger partial charge in [0, 0.05) is 24.3 Å². The predicted octanol–water partition coefficient (Wildman–Crippen LogP) is 1.16. The van der Waals surface area contributed by atoms with Crippen LogP contribution in [-0.2, 0) is 11.2 Å². The molecule has 1 rings (SSSR count). The minimum Gasteiger partial charge on any atom is -0.330 e. The van der Waals surface area contributed by atoms with Crippen LogP contribution in [0.3, 0.4) is 0 Å². The van der Waals surface area contributed by atoms with Gasteiger partial charge in [0.1, 0.15) is 5.78 Å². The molecule has 1 aromatic heterocycles. The number of ketones is 1. The molecule has 0 amide bonds. The van der Waals surface area contributed by atoms with Gasteiger partial charge in [-0.05, 0) is 6.92 Å². The second-order valence-corrected chi connectivity index (χ2v) is 4.20. The third-order valence-corrected chi connectivity index (χ3v) is 2.75. The molecule has 2 N–H and O–H groups in total. The average molecular weight is 198 g/mol. The first-order valence-corrected chi connectivity index (χ1v) is 5.15. The van der Waals surface area contributed by atoms with Crippen molar-refractivity contribution in [2.24, 2.45) is 11.7 Å². The van der Waals surface area contributed by atoms with E-state index in [2.05, 4.69) is 4.98 Å². The molecule has 0 aliphatic heterocycles. The lowest BCUT2D eigenvalue weighted by atomic mass is 10.0. The minimum absolute atomic E-state index is 0.0537. The summed E-state index contributed by atoms with van der Waals surface area (Å²) >= 11 is 1.57. The number of carbonyl (C=O) groups excluding carboxylic acids is 1. The van der Waals surface area contributed by atoms with E-state index in [1.165, 1.54) is 0 Å². The number of Topliss-reactive ketones (excluding diaryl/α,β-unsaturated/α-hetero) is 1. The molecule has 1 heterocycles. The average Bonchev–Trinajstić information content (AvgIpc) is 2.49. The first kappa shape index (κ1) is 10.3. The van der Waals surface area contributed by atoms with Crippen molar-refractivity contribution in [3.05, 3.63) is 16.1 Å². The van der Waals surface area contributed by atoms with E-state index in [1.807, 2.05) is 19.2 Å². The molecule has 0 spiro atoms. The zero-order valence-electron chi connectivity index (χ0n) is 7.91. The Kier molecular flexibility index (Phi) is 3.57. The van der Waals surface area contributed by atoms with Gasteiger partial charge in [-0.2, -0.15) is 0 Å². The summed E-state index contributed by atoms with van der Waals surface area (Å²) in [4.78, 5) is 15.7. The number of thiazole rings is 1. The molecule has 3 nitrogen and oxygen atoms in total. The predicted molar refractivity (Wildman–Crippen MR) is 53.8 cm³/mol. The Morgan fingerprint density at radius 2 is 2.46 bits per heavy atom. The van der Waals surface area contributed by atoms with Gasteiger partial charge in [-0.25, -0.2) is 4.98 Å². The zero-order chi connectivity index (χ0) is 9.84. The van der Waals surface area contributed by atoms with Gasteiger partial charge in [-0.1, -0.05) is 6.92 Å². The van der Waals surface area contributed by atoms with Crippen LogP contribution in [0.15, 0.2) is 5.38 Å². The number of nitrogens with two attached hydrogens (primary N) is 1. The number of hydrogen-bond acceptors (Lipinski definition) is 4. The van der Waals surface area contributed by atoms with Crippen molar-refractivity contribution in [2.45, 2.75) is 20.3 Å². The molecular formula is C9H14N2OS. The fourth-order valence-corrected chi connectivity index (χ4v) is 1.59. The van der Waals surface area contributed by atoms with Crippen molar-refractivity contribution in [3.8, 4) is 0 Å². The van der Waals surface area contributed by atoms with E-state index in [-0.39, 0.29) is 11.7 Å². The molecular weight excluding hydrogens is 184 g/mol. The molecule has 72 valence electrons. The number of nitrogens with zero attached hydrogens (tertiary/aromatic N) is 1. The van der Waals surface area contributed by atoms with Gasteiger partial charge in [0.25, 0.3) is 0 Å². The summed E-state index contributed by atoms with van der Waals surface area (Å²) in [6.07, 6.45) is 0.419. The largest absolute Gasteiger partial charge is 0.330 e. The Hall–Kier alpha value is -0.740. The van der Waals surface area contributed by atoms with Crippen molar-refractivity contribution in [3.63, 3.8) is 0 Å². The summed E-state index contributed by atoms with van der Waals surface area (Å²) < 4.78 is 0. The number of hydrogen-bond donors (Lipinski definition) is 1. The molecule has 0 bridgehead atoms. The van der Waals surface area contributed by atoms with E-state index in [0.717, 1.165) is 10.7 Å². The summed E-state index contributed by atoms with van der Waals surface area (Å²) in [5.74, 6) is 0.120. The second kappa shape index (κ2) is 4.48. The van der Waals surface area contributed by atoms with Crippen LogP contribution >= 0.6 is 11.3 Å². The number of carbonyl (C=O) groups is 1. The first-order chi connectivity index (χ1) is 6.13. The molecule has 4 heteroatoms. The Labute approximate surface area is 82.0 Å². The van der Waals surface area contributed by atoms with Crippen LogP contribution in [0.25, 0.3) is 0 Å². The van der Waals surface area contributed by atoms with E-state index in [4.69, 9.17) is 5.73 Å². The van der Waals surface area contributed by atoms with Crippen LogP contribution in [0.4, 0.5) is 0 Å². The van der Waals surface area contributed by atoms with Gasteiger partial charge >= 0.3 is 0 Å². The van der Waals surface area contributed by atoms with Gasteiger partial charge in [0.05, 0.1) is 10.7 Å². The molecule has 0 saturated carbocycles. The van der Waals surface area contributed by atoms with Crippen LogP contribution in [0.1, 0.15) is 17.6 Å². The van der Waals surface area contributed by atoms with E-state index < -0.39 is 0 Å². The summed E-state index contributed by atoms with van der Waals surface area (Å²) in [5.41, 5.74) is 6.26. The van der Waals surface area contributed by atoms with Crippen molar-refractivity contribution >= 4 is 17.1 Å². The Bertz CT molecular complexity index is 296. The molecule has 13 heavy (non-hydrogen) atoms. The van der Waals surface area contributed by atoms with E-state index in [1.54, 1.807) is 11.3 Å². The third-order valence-electron chi connectivity index (χ3n) is 1.93. The Morgan fingerprint density at radius 1 is 1.77 bits per heavy atom. The van der Waals surface area contributed by atoms with E-state index >= 15 is 0 Å². The summed E-state index contributed by atoms with van der Waals surface area (Å²) in [6.45, 7) is 4.20. The van der Waals surface area contributed by atoms with Crippen LogP contribution in [0.2, 0.25) is 0 Å². The number of rotatable bonds is 4. The Balaban J connectivity index is 2.54. The van der Waals surface area contributed by atoms with Crippen LogP contribution in [0, 0.1) is 12.8 Å². The fraction of sp³-hybridized carbons (Fsp3) is 0.556. The topological polar surface area (TPSA) is 56.0 Å². The molecule has 0 aliphatic rings. The fourth-order valence-electron chi connectivity index (χ4n) is 0.974. The summed E-state index contributed by atoms with van der Waals surface area (Å²) in [7, 11) is 0. The Morgan fingerprint density at radius 3 is 2.92 bits per heavy atom. The zero-order valence-corrected chi connectivity index (χ0v) is 8.73. The highest BCUT2D eigenvalue weighted by atomic mass is 32.1. The lowest BCUT2D eigenvalue weighted by molar-refractivity contribution is -0.121. The smallest absolute Gasteiger partial charge is 0.142 e. The lowest BCUT2D eigenvalue weighted by Crippen LogP contribution is -2.22. The minimum atomic E-state index is -0.0537. The SMILES string of the molecule is Cc1nc(CC(=O)C(C)CN)cs1. The lowest BCUT2D eigenvalue weighted by Gasteiger charge is -2.04. The molecule has 1 aromatic rings. The highest BCUT2D eigenvalue weighted by Gasteiger charge is 2.12. The highest BCUT2D eigenvalue weighted by Crippen LogP contribution is 2.10. The van der Waals surface area contributed by atoms with E-state index in [0.29, 0.717) is 13.0 Å². The maximum Gasteiger partial charge on any atom is 0.142 e. The number of aryl methyl sites for hydroxylation is 1. The van der Waals surface area contributed by atoms with Crippen molar-refractivity contribution in [2.75, 3.05) is 6.54 Å². The molecule has 0 aliphatic carbocycles. The molecule has 1 unspecified atom stereocenters. The van der Waals surface area contributed by atoms with Crippen molar-refractivity contribution in [1.82, 2.24) is 4.98 Å². The maximum atomic E-state index is 11.4. The number of aromatic nitrogens is 1. The van der Waals surface area contributed by atoms with Gasteiger partial charge in [-0.3, -0.25) is 4.79 Å². The molecule has 0 fully saturated rings. The monoisotopic (exact) mass is 198 g/mol. The van der Waals surface area contributed by atoms with Gasteiger partial charge in [0.2, 0.25) is 0 Å². The van der Waals surface area contributed by atoms with Crippen molar-refractivity contribution in [1.29, 1.82) is 0 Å². The summed E-state index contributed by atoms with van der Waals surface area (Å²) in [6, 6.07) is 0.